The summed E-state index contributed by atoms with van der Waals surface area (Å²) in [5.41, 5.74) is 1.06. The minimum absolute atomic E-state index is 0.193. The van der Waals surface area contributed by atoms with Crippen molar-refractivity contribution in [1.82, 2.24) is 9.55 Å². The molecule has 18 heavy (non-hydrogen) atoms. The largest absolute Gasteiger partial charge is 0.478 e. The molecule has 0 unspecified atom stereocenters. The van der Waals surface area contributed by atoms with Gasteiger partial charge in [-0.2, -0.15) is 0 Å². The predicted molar refractivity (Wildman–Crippen MR) is 85.2 cm³/mol. The number of hydrogen-bond acceptors (Lipinski definition) is 2. The lowest BCUT2D eigenvalue weighted by atomic mass is 10.1. The molecular formula is C11H7ClI2N2O2. The average molecular weight is 488 g/mol. The Hall–Kier alpha value is -0.350. The number of nitrogens with zero attached hydrogens (tertiary/aromatic N) is 2. The van der Waals surface area contributed by atoms with E-state index in [0.29, 0.717) is 11.6 Å². The standard InChI is InChI=1S/C11H7ClI2N2O2/c12-8-3-6(11(17)18)1-2-7(8)4-16-5-15-9(13)10(16)14/h1-3,5H,4H2,(H,17,18). The molecule has 0 bridgehead atoms. The summed E-state index contributed by atoms with van der Waals surface area (Å²) in [4.78, 5) is 15.0. The van der Waals surface area contributed by atoms with Crippen LogP contribution in [0, 0.1) is 7.40 Å². The van der Waals surface area contributed by atoms with Crippen molar-refractivity contribution >= 4 is 62.8 Å². The summed E-state index contributed by atoms with van der Waals surface area (Å²) in [7, 11) is 0. The minimum atomic E-state index is -0.977. The number of halogens is 3. The molecule has 0 spiro atoms. The van der Waals surface area contributed by atoms with Gasteiger partial charge in [0.15, 0.2) is 0 Å². The predicted octanol–water partition coefficient (Wildman–Crippen LogP) is 3.49. The summed E-state index contributed by atoms with van der Waals surface area (Å²) in [6.45, 7) is 0.576. The van der Waals surface area contributed by atoms with E-state index in [4.69, 9.17) is 16.7 Å². The molecule has 1 aromatic carbocycles. The van der Waals surface area contributed by atoms with Crippen LogP contribution in [0.3, 0.4) is 0 Å². The van der Waals surface area contributed by atoms with Crippen molar-refractivity contribution in [3.63, 3.8) is 0 Å². The molecule has 0 amide bonds. The van der Waals surface area contributed by atoms with Gasteiger partial charge in [0, 0.05) is 5.02 Å². The third-order valence-electron chi connectivity index (χ3n) is 2.37. The maximum atomic E-state index is 10.8. The van der Waals surface area contributed by atoms with Crippen LogP contribution < -0.4 is 0 Å². The monoisotopic (exact) mass is 488 g/mol. The second-order valence-electron chi connectivity index (χ2n) is 3.57. The van der Waals surface area contributed by atoms with Crippen LogP contribution in [0.25, 0.3) is 0 Å². The Morgan fingerprint density at radius 1 is 1.44 bits per heavy atom. The van der Waals surface area contributed by atoms with Crippen LogP contribution in [0.15, 0.2) is 24.5 Å². The molecule has 0 aliphatic rings. The lowest BCUT2D eigenvalue weighted by Gasteiger charge is -2.07. The minimum Gasteiger partial charge on any atom is -0.478 e. The van der Waals surface area contributed by atoms with Gasteiger partial charge < -0.3 is 9.67 Å². The molecule has 0 saturated heterocycles. The highest BCUT2D eigenvalue weighted by Crippen LogP contribution is 2.21. The first-order valence-electron chi connectivity index (χ1n) is 4.87. The summed E-state index contributed by atoms with van der Waals surface area (Å²) in [5.74, 6) is -0.977. The smallest absolute Gasteiger partial charge is 0.335 e. The molecule has 0 fully saturated rings. The number of carbonyl (C=O) groups is 1. The van der Waals surface area contributed by atoms with Gasteiger partial charge in [0.1, 0.15) is 7.40 Å². The summed E-state index contributed by atoms with van der Waals surface area (Å²) in [6, 6.07) is 4.75. The maximum absolute atomic E-state index is 10.8. The van der Waals surface area contributed by atoms with Crippen molar-refractivity contribution in [2.24, 2.45) is 0 Å². The van der Waals surface area contributed by atoms with Gasteiger partial charge in [-0.3, -0.25) is 0 Å². The molecule has 1 aromatic heterocycles. The van der Waals surface area contributed by atoms with Crippen molar-refractivity contribution in [3.05, 3.63) is 48.1 Å². The third kappa shape index (κ3) is 2.97. The van der Waals surface area contributed by atoms with E-state index in [2.05, 4.69) is 50.2 Å². The molecule has 0 atom stereocenters. The van der Waals surface area contributed by atoms with Crippen LogP contribution in [-0.4, -0.2) is 20.6 Å². The van der Waals surface area contributed by atoms with Gasteiger partial charge in [-0.1, -0.05) is 17.7 Å². The zero-order chi connectivity index (χ0) is 13.3. The molecule has 0 saturated carbocycles. The lowest BCUT2D eigenvalue weighted by molar-refractivity contribution is 0.0697. The van der Waals surface area contributed by atoms with Gasteiger partial charge in [-0.25, -0.2) is 9.78 Å². The molecule has 1 heterocycles. The molecule has 7 heteroatoms. The summed E-state index contributed by atoms with van der Waals surface area (Å²) in [6.07, 6.45) is 1.74. The topological polar surface area (TPSA) is 55.1 Å². The first-order valence-corrected chi connectivity index (χ1v) is 7.40. The molecule has 2 rings (SSSR count). The van der Waals surface area contributed by atoms with Gasteiger partial charge in [0.2, 0.25) is 0 Å². The third-order valence-corrected chi connectivity index (χ3v) is 5.68. The molecule has 1 N–H and O–H groups in total. The van der Waals surface area contributed by atoms with E-state index in [9.17, 15) is 4.79 Å². The zero-order valence-corrected chi connectivity index (χ0v) is 14.0. The van der Waals surface area contributed by atoms with E-state index < -0.39 is 5.97 Å². The fourth-order valence-corrected chi connectivity index (χ4v) is 2.55. The highest BCUT2D eigenvalue weighted by molar-refractivity contribution is 14.1. The zero-order valence-electron chi connectivity index (χ0n) is 8.90. The Kier molecular flexibility index (Phi) is 4.49. The maximum Gasteiger partial charge on any atom is 0.335 e. The van der Waals surface area contributed by atoms with Gasteiger partial charge in [-0.15, -0.1) is 0 Å². The molecule has 2 aromatic rings. The number of hydrogen-bond donors (Lipinski definition) is 1. The average Bonchev–Trinajstić information content (AvgIpc) is 2.63. The molecule has 0 aliphatic carbocycles. The lowest BCUT2D eigenvalue weighted by Crippen LogP contribution is -2.03. The number of aromatic nitrogens is 2. The Bertz CT molecular complexity index is 613. The van der Waals surface area contributed by atoms with Gasteiger partial charge >= 0.3 is 5.97 Å². The second kappa shape index (κ2) is 5.74. The number of rotatable bonds is 3. The Morgan fingerprint density at radius 2 is 2.17 bits per heavy atom. The van der Waals surface area contributed by atoms with Crippen LogP contribution in [0.4, 0.5) is 0 Å². The van der Waals surface area contributed by atoms with Crippen LogP contribution in [0.5, 0.6) is 0 Å². The van der Waals surface area contributed by atoms with Crippen molar-refractivity contribution < 1.29 is 9.90 Å². The summed E-state index contributed by atoms with van der Waals surface area (Å²) in [5, 5.41) is 9.31. The summed E-state index contributed by atoms with van der Waals surface area (Å²) >= 11 is 10.5. The van der Waals surface area contributed by atoms with Gasteiger partial charge in [0.05, 0.1) is 18.4 Å². The van der Waals surface area contributed by atoms with Crippen molar-refractivity contribution in [3.8, 4) is 0 Å². The Balaban J connectivity index is 2.30. The number of imidazole rings is 1. The number of carboxylic acid groups (broad SMARTS) is 1. The van der Waals surface area contributed by atoms with E-state index in [-0.39, 0.29) is 5.56 Å². The van der Waals surface area contributed by atoms with E-state index in [0.717, 1.165) is 13.0 Å². The van der Waals surface area contributed by atoms with Crippen molar-refractivity contribution in [1.29, 1.82) is 0 Å². The normalized spacial score (nSPS) is 10.6. The molecule has 94 valence electrons. The SMILES string of the molecule is O=C(O)c1ccc(Cn2cnc(I)c2I)c(Cl)c1. The van der Waals surface area contributed by atoms with E-state index in [1.807, 2.05) is 4.57 Å². The van der Waals surface area contributed by atoms with Crippen LogP contribution in [0.2, 0.25) is 5.02 Å². The fraction of sp³-hybridized carbons (Fsp3) is 0.0909. The highest BCUT2D eigenvalue weighted by Gasteiger charge is 2.10. The van der Waals surface area contributed by atoms with E-state index >= 15 is 0 Å². The van der Waals surface area contributed by atoms with E-state index in [1.54, 1.807) is 18.5 Å². The fourth-order valence-electron chi connectivity index (χ4n) is 1.45. The number of benzene rings is 1. The number of aromatic carboxylic acids is 1. The van der Waals surface area contributed by atoms with Crippen molar-refractivity contribution in [2.45, 2.75) is 6.54 Å². The first kappa shape index (κ1) is 14.1. The highest BCUT2D eigenvalue weighted by atomic mass is 127. The molecule has 4 nitrogen and oxygen atoms in total. The Labute approximate surface area is 136 Å². The second-order valence-corrected chi connectivity index (χ2v) is 6.02. The van der Waals surface area contributed by atoms with Crippen molar-refractivity contribution in [2.75, 3.05) is 0 Å². The Morgan fingerprint density at radius 3 is 2.67 bits per heavy atom. The number of carboxylic acids is 1. The van der Waals surface area contributed by atoms with Crippen LogP contribution in [-0.2, 0) is 6.54 Å². The summed E-state index contributed by atoms with van der Waals surface area (Å²) < 4.78 is 3.93. The first-order chi connectivity index (χ1) is 8.49. The van der Waals surface area contributed by atoms with Crippen LogP contribution >= 0.6 is 56.8 Å². The van der Waals surface area contributed by atoms with Gasteiger partial charge in [0.25, 0.3) is 0 Å². The quantitative estimate of drug-likeness (QED) is 0.674. The van der Waals surface area contributed by atoms with Crippen LogP contribution in [0.1, 0.15) is 15.9 Å². The molecule has 0 radical (unpaired) electrons. The van der Waals surface area contributed by atoms with E-state index in [1.165, 1.54) is 6.07 Å². The molecular weight excluding hydrogens is 481 g/mol. The van der Waals surface area contributed by atoms with Gasteiger partial charge in [-0.05, 0) is 62.9 Å². The molecule has 0 aliphatic heterocycles.